The first-order chi connectivity index (χ1) is 8.04. The topological polar surface area (TPSA) is 37.8 Å². The van der Waals surface area contributed by atoms with Crippen molar-refractivity contribution in [3.63, 3.8) is 0 Å². The van der Waals surface area contributed by atoms with Gasteiger partial charge in [-0.05, 0) is 31.5 Å². The molecular formula is C12H11ClFN3. The molecule has 3 nitrogen and oxygen atoms in total. The van der Waals surface area contributed by atoms with E-state index in [1.165, 1.54) is 12.1 Å². The van der Waals surface area contributed by atoms with E-state index < -0.39 is 0 Å². The van der Waals surface area contributed by atoms with E-state index in [1.54, 1.807) is 19.1 Å². The maximum Gasteiger partial charge on any atom is 0.135 e. The van der Waals surface area contributed by atoms with E-state index in [4.69, 9.17) is 11.6 Å². The van der Waals surface area contributed by atoms with Gasteiger partial charge < -0.3 is 5.32 Å². The van der Waals surface area contributed by atoms with Crippen molar-refractivity contribution in [2.24, 2.45) is 0 Å². The van der Waals surface area contributed by atoms with Gasteiger partial charge in [0.2, 0.25) is 0 Å². The van der Waals surface area contributed by atoms with E-state index in [0.717, 1.165) is 5.56 Å². The molecule has 1 heterocycles. The molecule has 1 N–H and O–H groups in total. The van der Waals surface area contributed by atoms with Crippen LogP contribution in [0.15, 0.2) is 24.3 Å². The van der Waals surface area contributed by atoms with Crippen molar-refractivity contribution in [1.82, 2.24) is 9.97 Å². The molecule has 0 unspecified atom stereocenters. The second-order valence-electron chi connectivity index (χ2n) is 3.71. The Morgan fingerprint density at radius 2 is 1.94 bits per heavy atom. The number of nitrogens with zero attached hydrogens (tertiary/aromatic N) is 2. The van der Waals surface area contributed by atoms with Gasteiger partial charge in [-0.25, -0.2) is 14.4 Å². The van der Waals surface area contributed by atoms with Crippen LogP contribution in [-0.2, 0) is 0 Å². The van der Waals surface area contributed by atoms with Crippen LogP contribution in [0.5, 0.6) is 0 Å². The van der Waals surface area contributed by atoms with Crippen LogP contribution >= 0.6 is 11.6 Å². The summed E-state index contributed by atoms with van der Waals surface area (Å²) in [7, 11) is 0. The summed E-state index contributed by atoms with van der Waals surface area (Å²) >= 11 is 5.82. The van der Waals surface area contributed by atoms with Crippen LogP contribution in [0.2, 0.25) is 5.15 Å². The maximum atomic E-state index is 13.1. The minimum Gasteiger partial charge on any atom is -0.340 e. The van der Waals surface area contributed by atoms with Crippen LogP contribution in [0.1, 0.15) is 11.4 Å². The van der Waals surface area contributed by atoms with E-state index in [9.17, 15) is 4.39 Å². The molecule has 5 heteroatoms. The second kappa shape index (κ2) is 4.67. The Morgan fingerprint density at radius 3 is 2.65 bits per heavy atom. The fraction of sp³-hybridized carbons (Fsp3) is 0.167. The molecule has 2 rings (SSSR count). The zero-order valence-electron chi connectivity index (χ0n) is 9.46. The van der Waals surface area contributed by atoms with Gasteiger partial charge in [0, 0.05) is 11.8 Å². The summed E-state index contributed by atoms with van der Waals surface area (Å²) in [5.41, 5.74) is 1.60. The molecule has 0 saturated carbocycles. The Balaban J connectivity index is 2.34. The van der Waals surface area contributed by atoms with E-state index in [0.29, 0.717) is 22.5 Å². The Bertz CT molecular complexity index is 537. The number of hydrogen-bond donors (Lipinski definition) is 1. The fourth-order valence-corrected chi connectivity index (χ4v) is 1.69. The number of anilines is 2. The highest BCUT2D eigenvalue weighted by Crippen LogP contribution is 2.21. The zero-order valence-corrected chi connectivity index (χ0v) is 10.2. The van der Waals surface area contributed by atoms with Crippen molar-refractivity contribution in [3.8, 4) is 0 Å². The second-order valence-corrected chi connectivity index (χ2v) is 4.09. The number of nitrogens with one attached hydrogen (secondary N) is 1. The minimum atomic E-state index is -0.296. The largest absolute Gasteiger partial charge is 0.340 e. The van der Waals surface area contributed by atoms with Gasteiger partial charge in [-0.2, -0.15) is 0 Å². The van der Waals surface area contributed by atoms with Gasteiger partial charge in [-0.15, -0.1) is 0 Å². The average molecular weight is 252 g/mol. The Labute approximate surface area is 104 Å². The van der Waals surface area contributed by atoms with Gasteiger partial charge in [0.1, 0.15) is 22.6 Å². The number of aryl methyl sites for hydroxylation is 2. The van der Waals surface area contributed by atoms with Crippen molar-refractivity contribution in [2.75, 3.05) is 5.32 Å². The Kier molecular flexibility index (Phi) is 3.24. The molecule has 0 aliphatic rings. The number of rotatable bonds is 2. The molecule has 17 heavy (non-hydrogen) atoms. The lowest BCUT2D eigenvalue weighted by Crippen LogP contribution is -1.99. The van der Waals surface area contributed by atoms with Gasteiger partial charge >= 0.3 is 0 Å². The smallest absolute Gasteiger partial charge is 0.135 e. The third-order valence-corrected chi connectivity index (χ3v) is 2.46. The molecule has 1 aromatic heterocycles. The predicted molar refractivity (Wildman–Crippen MR) is 66.2 cm³/mol. The standard InChI is InChI=1S/C12H11ClFN3/c1-7-3-4-9(14)5-10(7)17-12-6-11(13)15-8(2)16-12/h3-6H,1-2H3,(H,15,16,17). The van der Waals surface area contributed by atoms with Gasteiger partial charge in [-0.1, -0.05) is 17.7 Å². The molecular weight excluding hydrogens is 241 g/mol. The highest BCUT2D eigenvalue weighted by atomic mass is 35.5. The van der Waals surface area contributed by atoms with Crippen molar-refractivity contribution in [3.05, 3.63) is 46.6 Å². The van der Waals surface area contributed by atoms with Crippen molar-refractivity contribution in [1.29, 1.82) is 0 Å². The quantitative estimate of drug-likeness (QED) is 0.829. The highest BCUT2D eigenvalue weighted by Gasteiger charge is 2.04. The van der Waals surface area contributed by atoms with Gasteiger partial charge in [0.15, 0.2) is 0 Å². The SMILES string of the molecule is Cc1nc(Cl)cc(Nc2cc(F)ccc2C)n1. The van der Waals surface area contributed by atoms with Crippen LogP contribution in [0.4, 0.5) is 15.9 Å². The molecule has 0 amide bonds. The molecule has 0 atom stereocenters. The Morgan fingerprint density at radius 1 is 1.18 bits per heavy atom. The van der Waals surface area contributed by atoms with E-state index >= 15 is 0 Å². The van der Waals surface area contributed by atoms with Crippen LogP contribution in [-0.4, -0.2) is 9.97 Å². The highest BCUT2D eigenvalue weighted by molar-refractivity contribution is 6.29. The zero-order chi connectivity index (χ0) is 12.4. The predicted octanol–water partition coefficient (Wildman–Crippen LogP) is 3.63. The monoisotopic (exact) mass is 251 g/mol. The van der Waals surface area contributed by atoms with Gasteiger partial charge in [0.25, 0.3) is 0 Å². The summed E-state index contributed by atoms with van der Waals surface area (Å²) in [5, 5.41) is 3.37. The molecule has 0 aliphatic carbocycles. The van der Waals surface area contributed by atoms with Crippen LogP contribution in [0, 0.1) is 19.7 Å². The lowest BCUT2D eigenvalue weighted by Gasteiger charge is -2.09. The summed E-state index contributed by atoms with van der Waals surface area (Å²) in [6.45, 7) is 3.63. The molecule has 2 aromatic rings. The third-order valence-electron chi connectivity index (χ3n) is 2.27. The summed E-state index contributed by atoms with van der Waals surface area (Å²) in [4.78, 5) is 8.13. The number of aromatic nitrogens is 2. The molecule has 88 valence electrons. The van der Waals surface area contributed by atoms with Crippen LogP contribution < -0.4 is 5.32 Å². The lowest BCUT2D eigenvalue weighted by molar-refractivity contribution is 0.628. The minimum absolute atomic E-state index is 0.296. The summed E-state index contributed by atoms with van der Waals surface area (Å²) in [6, 6.07) is 6.13. The first kappa shape index (κ1) is 11.8. The molecule has 0 fully saturated rings. The van der Waals surface area contributed by atoms with Crippen molar-refractivity contribution in [2.45, 2.75) is 13.8 Å². The summed E-state index contributed by atoms with van der Waals surface area (Å²) < 4.78 is 13.1. The van der Waals surface area contributed by atoms with E-state index in [-0.39, 0.29) is 5.82 Å². The van der Waals surface area contributed by atoms with Gasteiger partial charge in [-0.3, -0.25) is 0 Å². The molecule has 0 saturated heterocycles. The fourth-order valence-electron chi connectivity index (χ4n) is 1.46. The normalized spacial score (nSPS) is 10.4. The van der Waals surface area contributed by atoms with Crippen molar-refractivity contribution >= 4 is 23.1 Å². The Hall–Kier alpha value is -1.68. The van der Waals surface area contributed by atoms with Crippen molar-refractivity contribution < 1.29 is 4.39 Å². The molecule has 0 spiro atoms. The first-order valence-corrected chi connectivity index (χ1v) is 5.47. The summed E-state index contributed by atoms with van der Waals surface area (Å²) in [6.07, 6.45) is 0. The molecule has 0 bridgehead atoms. The van der Waals surface area contributed by atoms with E-state index in [1.807, 2.05) is 6.92 Å². The lowest BCUT2D eigenvalue weighted by atomic mass is 10.2. The first-order valence-electron chi connectivity index (χ1n) is 5.09. The van der Waals surface area contributed by atoms with Crippen LogP contribution in [0.25, 0.3) is 0 Å². The number of hydrogen-bond acceptors (Lipinski definition) is 3. The van der Waals surface area contributed by atoms with Gasteiger partial charge in [0.05, 0.1) is 0 Å². The summed E-state index contributed by atoms with van der Waals surface area (Å²) in [5.74, 6) is 0.820. The number of benzene rings is 1. The number of halogens is 2. The van der Waals surface area contributed by atoms with E-state index in [2.05, 4.69) is 15.3 Å². The molecule has 1 aromatic carbocycles. The average Bonchev–Trinajstić information content (AvgIpc) is 2.22. The molecule has 0 radical (unpaired) electrons. The van der Waals surface area contributed by atoms with Crippen LogP contribution in [0.3, 0.4) is 0 Å². The third kappa shape index (κ3) is 2.91. The molecule has 0 aliphatic heterocycles. The maximum absolute atomic E-state index is 13.1.